The minimum absolute atomic E-state index is 0.0337. The fraction of sp³-hybridized carbons (Fsp3) is 0.273. The van der Waals surface area contributed by atoms with Crippen molar-refractivity contribution in [2.45, 2.75) is 31.6 Å². The van der Waals surface area contributed by atoms with E-state index in [1.54, 1.807) is 44.6 Å². The molecule has 2 atom stereocenters. The number of para-hydroxylation sites is 2. The number of Topliss-reactive ketones (excluding diaryl/α,β-unsaturated/α-hetero) is 1. The summed E-state index contributed by atoms with van der Waals surface area (Å²) in [5, 5.41) is 16.7. The third-order valence-corrected chi connectivity index (χ3v) is 7.84. The fourth-order valence-corrected chi connectivity index (χ4v) is 5.83. The number of carbonyl (C=O) groups is 2. The van der Waals surface area contributed by atoms with Crippen LogP contribution in [-0.4, -0.2) is 45.2 Å². The molecule has 1 amide bonds. The first kappa shape index (κ1) is 28.6. The number of benzene rings is 3. The number of ketones is 1. The Kier molecular flexibility index (Phi) is 8.10. The molecule has 3 N–H and O–H groups in total. The van der Waals surface area contributed by atoms with Gasteiger partial charge in [0.05, 0.1) is 34.1 Å². The summed E-state index contributed by atoms with van der Waals surface area (Å²) in [5.74, 6) is 0.708. The van der Waals surface area contributed by atoms with Gasteiger partial charge in [0.25, 0.3) is 5.91 Å². The van der Waals surface area contributed by atoms with Crippen LogP contribution in [-0.2, 0) is 9.59 Å². The summed E-state index contributed by atoms with van der Waals surface area (Å²) < 4.78 is 21.7. The Labute approximate surface area is 244 Å². The highest BCUT2D eigenvalue weighted by molar-refractivity contribution is 6.10. The van der Waals surface area contributed by atoms with Crippen LogP contribution in [0.4, 0.5) is 5.69 Å². The minimum Gasteiger partial charge on any atom is -0.504 e. The van der Waals surface area contributed by atoms with Crippen molar-refractivity contribution in [3.63, 3.8) is 0 Å². The monoisotopic (exact) mass is 570 g/mol. The molecule has 5 rings (SSSR count). The van der Waals surface area contributed by atoms with Gasteiger partial charge in [-0.3, -0.25) is 9.59 Å². The lowest BCUT2D eigenvalue weighted by molar-refractivity contribution is -0.116. The SMILES string of the molecule is COc1cc([C@H]2C(C(=O)Nc3ccccc3OC)=C(C)NC3=C2C(=O)C[C@H](c2ccc(OC)c(OC)c2)C3)ccc1O. The largest absolute Gasteiger partial charge is 0.504 e. The van der Waals surface area contributed by atoms with Crippen LogP contribution in [0.5, 0.6) is 28.7 Å². The van der Waals surface area contributed by atoms with Crippen LogP contribution >= 0.6 is 0 Å². The van der Waals surface area contributed by atoms with Gasteiger partial charge in [0.15, 0.2) is 28.8 Å². The highest BCUT2D eigenvalue weighted by atomic mass is 16.5. The summed E-state index contributed by atoms with van der Waals surface area (Å²) in [7, 11) is 6.16. The Bertz CT molecular complexity index is 1610. The maximum Gasteiger partial charge on any atom is 0.254 e. The molecule has 0 aromatic heterocycles. The summed E-state index contributed by atoms with van der Waals surface area (Å²) in [6.07, 6.45) is 0.809. The maximum absolute atomic E-state index is 14.0. The van der Waals surface area contributed by atoms with Crippen molar-refractivity contribution in [3.8, 4) is 28.7 Å². The number of aromatic hydroxyl groups is 1. The molecule has 218 valence electrons. The second-order valence-corrected chi connectivity index (χ2v) is 10.2. The van der Waals surface area contributed by atoms with Crippen molar-refractivity contribution in [3.05, 3.63) is 94.3 Å². The Morgan fingerprint density at radius 2 is 1.50 bits per heavy atom. The third kappa shape index (κ3) is 5.25. The van der Waals surface area contributed by atoms with E-state index >= 15 is 0 Å². The van der Waals surface area contributed by atoms with Crippen LogP contribution in [0.3, 0.4) is 0 Å². The summed E-state index contributed by atoms with van der Waals surface area (Å²) in [6.45, 7) is 1.83. The molecule has 1 aliphatic heterocycles. The fourth-order valence-electron chi connectivity index (χ4n) is 5.83. The predicted octanol–water partition coefficient (Wildman–Crippen LogP) is 5.43. The van der Waals surface area contributed by atoms with Crippen LogP contribution in [0.2, 0.25) is 0 Å². The summed E-state index contributed by atoms with van der Waals surface area (Å²) in [6, 6.07) is 17.7. The first-order valence-corrected chi connectivity index (χ1v) is 13.6. The summed E-state index contributed by atoms with van der Waals surface area (Å²) in [5.41, 5.74) is 4.42. The standard InChI is InChI=1S/C33H34N2O7/c1-18-30(33(38)35-22-8-6-7-9-26(22)39-2)31(20-10-12-24(36)28(17-20)41-4)32-23(34-18)14-21(15-25(32)37)19-11-13-27(40-3)29(16-19)42-5/h6-13,16-17,21,31,34,36H,14-15H2,1-5H3,(H,35,38)/t21-,31+/m1/s1. The topological polar surface area (TPSA) is 115 Å². The second kappa shape index (κ2) is 11.9. The Hall–Kier alpha value is -4.92. The first-order valence-electron chi connectivity index (χ1n) is 13.6. The number of allylic oxidation sites excluding steroid dienone is 3. The number of methoxy groups -OCH3 is 4. The molecule has 42 heavy (non-hydrogen) atoms. The number of phenolic OH excluding ortho intramolecular Hbond substituents is 1. The van der Waals surface area contributed by atoms with Crippen molar-refractivity contribution in [1.82, 2.24) is 5.32 Å². The number of carbonyl (C=O) groups excluding carboxylic acids is 2. The van der Waals surface area contributed by atoms with Crippen LogP contribution in [0.15, 0.2) is 83.2 Å². The summed E-state index contributed by atoms with van der Waals surface area (Å²) in [4.78, 5) is 28.0. The van der Waals surface area contributed by atoms with Crippen molar-refractivity contribution in [2.75, 3.05) is 33.8 Å². The van der Waals surface area contributed by atoms with E-state index in [9.17, 15) is 14.7 Å². The maximum atomic E-state index is 14.0. The third-order valence-electron chi connectivity index (χ3n) is 7.84. The zero-order valence-corrected chi connectivity index (χ0v) is 24.2. The average molecular weight is 571 g/mol. The molecule has 0 radical (unpaired) electrons. The summed E-state index contributed by atoms with van der Waals surface area (Å²) >= 11 is 0. The molecular weight excluding hydrogens is 536 g/mol. The lowest BCUT2D eigenvalue weighted by Crippen LogP contribution is -2.37. The van der Waals surface area contributed by atoms with E-state index in [0.717, 1.165) is 11.3 Å². The van der Waals surface area contributed by atoms with E-state index in [1.807, 2.05) is 31.2 Å². The number of amides is 1. The molecule has 1 heterocycles. The van der Waals surface area contributed by atoms with E-state index in [4.69, 9.17) is 18.9 Å². The van der Waals surface area contributed by atoms with Gasteiger partial charge < -0.3 is 34.7 Å². The smallest absolute Gasteiger partial charge is 0.254 e. The number of phenols is 1. The normalized spacial score (nSPS) is 18.2. The van der Waals surface area contributed by atoms with E-state index < -0.39 is 5.92 Å². The molecule has 0 saturated heterocycles. The zero-order chi connectivity index (χ0) is 30.0. The molecule has 0 fully saturated rings. The number of rotatable bonds is 8. The van der Waals surface area contributed by atoms with Gasteiger partial charge in [-0.2, -0.15) is 0 Å². The molecule has 0 saturated carbocycles. The Balaban J connectivity index is 1.58. The van der Waals surface area contributed by atoms with Gasteiger partial charge in [-0.25, -0.2) is 0 Å². The molecule has 3 aromatic rings. The second-order valence-electron chi connectivity index (χ2n) is 10.2. The van der Waals surface area contributed by atoms with E-state index in [2.05, 4.69) is 10.6 Å². The van der Waals surface area contributed by atoms with E-state index in [-0.39, 0.29) is 35.5 Å². The van der Waals surface area contributed by atoms with Gasteiger partial charge in [0.1, 0.15) is 5.75 Å². The number of ether oxygens (including phenoxy) is 4. The van der Waals surface area contributed by atoms with E-state index in [1.165, 1.54) is 20.3 Å². The minimum atomic E-state index is -0.690. The zero-order valence-electron chi connectivity index (χ0n) is 24.2. The molecular formula is C33H34N2O7. The number of hydrogen-bond donors (Lipinski definition) is 3. The molecule has 0 unspecified atom stereocenters. The van der Waals surface area contributed by atoms with Gasteiger partial charge in [-0.05, 0) is 66.8 Å². The predicted molar refractivity (Wildman–Crippen MR) is 158 cm³/mol. The molecule has 0 spiro atoms. The lowest BCUT2D eigenvalue weighted by atomic mass is 9.71. The van der Waals surface area contributed by atoms with Gasteiger partial charge in [0.2, 0.25) is 0 Å². The van der Waals surface area contributed by atoms with Crippen molar-refractivity contribution < 1.29 is 33.6 Å². The van der Waals surface area contributed by atoms with Gasteiger partial charge >= 0.3 is 0 Å². The molecule has 9 nitrogen and oxygen atoms in total. The highest BCUT2D eigenvalue weighted by Crippen LogP contribution is 2.47. The van der Waals surface area contributed by atoms with Crippen molar-refractivity contribution >= 4 is 17.4 Å². The molecule has 1 aliphatic carbocycles. The number of dihydropyridines is 1. The van der Waals surface area contributed by atoms with Crippen LogP contribution in [0.1, 0.15) is 42.7 Å². The number of hydrogen-bond acceptors (Lipinski definition) is 8. The lowest BCUT2D eigenvalue weighted by Gasteiger charge is -2.37. The molecule has 0 bridgehead atoms. The highest BCUT2D eigenvalue weighted by Gasteiger charge is 2.41. The van der Waals surface area contributed by atoms with Crippen LogP contribution in [0.25, 0.3) is 0 Å². The quantitative estimate of drug-likeness (QED) is 0.329. The Morgan fingerprint density at radius 1 is 0.833 bits per heavy atom. The molecule has 9 heteroatoms. The van der Waals surface area contributed by atoms with Gasteiger partial charge in [-0.15, -0.1) is 0 Å². The van der Waals surface area contributed by atoms with Crippen molar-refractivity contribution in [1.29, 1.82) is 0 Å². The van der Waals surface area contributed by atoms with Gasteiger partial charge in [0, 0.05) is 34.9 Å². The number of nitrogens with one attached hydrogen (secondary N) is 2. The van der Waals surface area contributed by atoms with Gasteiger partial charge in [-0.1, -0.05) is 24.3 Å². The van der Waals surface area contributed by atoms with E-state index in [0.29, 0.717) is 51.8 Å². The van der Waals surface area contributed by atoms with Crippen LogP contribution in [0, 0.1) is 0 Å². The van der Waals surface area contributed by atoms with Crippen molar-refractivity contribution in [2.24, 2.45) is 0 Å². The molecule has 2 aliphatic rings. The Morgan fingerprint density at radius 3 is 2.21 bits per heavy atom. The number of anilines is 1. The average Bonchev–Trinajstić information content (AvgIpc) is 3.00. The first-order chi connectivity index (χ1) is 20.3. The molecule has 3 aromatic carbocycles. The van der Waals surface area contributed by atoms with Crippen LogP contribution < -0.4 is 29.6 Å².